The number of anilines is 1. The van der Waals surface area contributed by atoms with Gasteiger partial charge in [-0.05, 0) is 25.2 Å². The zero-order valence-corrected chi connectivity index (χ0v) is 8.33. The summed E-state index contributed by atoms with van der Waals surface area (Å²) in [7, 11) is 1.95. The van der Waals surface area contributed by atoms with Crippen molar-refractivity contribution in [3.63, 3.8) is 0 Å². The summed E-state index contributed by atoms with van der Waals surface area (Å²) < 4.78 is 1.83. The molecule has 0 saturated heterocycles. The van der Waals surface area contributed by atoms with Crippen LogP contribution in [-0.4, -0.2) is 15.8 Å². The van der Waals surface area contributed by atoms with Crippen molar-refractivity contribution >= 4 is 5.82 Å². The van der Waals surface area contributed by atoms with Crippen LogP contribution in [0.25, 0.3) is 0 Å². The summed E-state index contributed by atoms with van der Waals surface area (Å²) >= 11 is 0. The highest BCUT2D eigenvalue weighted by molar-refractivity contribution is 5.33. The molecule has 0 aromatic carbocycles. The van der Waals surface area contributed by atoms with Crippen LogP contribution < -0.4 is 5.32 Å². The Kier molecular flexibility index (Phi) is 2.25. The predicted octanol–water partition coefficient (Wildman–Crippen LogP) is 2.02. The van der Waals surface area contributed by atoms with E-state index in [0.717, 1.165) is 11.7 Å². The average molecular weight is 179 g/mol. The molecule has 1 heterocycles. The van der Waals surface area contributed by atoms with Crippen molar-refractivity contribution in [2.24, 2.45) is 13.0 Å². The molecule has 2 unspecified atom stereocenters. The van der Waals surface area contributed by atoms with Crippen LogP contribution in [0.5, 0.6) is 0 Å². The summed E-state index contributed by atoms with van der Waals surface area (Å²) in [4.78, 5) is 0. The maximum Gasteiger partial charge on any atom is 0.148 e. The standard InChI is InChI=1S/C10H17N3/c1-8-3-4-9(7-8)11-10-5-6-13(2)12-10/h5-6,8-9H,3-4,7H2,1-2H3,(H,11,12). The Bertz CT molecular complexity index is 279. The molecule has 72 valence electrons. The minimum atomic E-state index is 0.643. The lowest BCUT2D eigenvalue weighted by Gasteiger charge is -2.10. The van der Waals surface area contributed by atoms with Gasteiger partial charge in [-0.2, -0.15) is 5.10 Å². The second-order valence-electron chi connectivity index (χ2n) is 4.13. The second kappa shape index (κ2) is 3.40. The molecule has 3 nitrogen and oxygen atoms in total. The van der Waals surface area contributed by atoms with Crippen molar-refractivity contribution in [2.75, 3.05) is 5.32 Å². The smallest absolute Gasteiger partial charge is 0.148 e. The van der Waals surface area contributed by atoms with Crippen LogP contribution in [0.3, 0.4) is 0 Å². The maximum atomic E-state index is 4.30. The molecule has 2 rings (SSSR count). The van der Waals surface area contributed by atoms with Gasteiger partial charge < -0.3 is 5.32 Å². The summed E-state index contributed by atoms with van der Waals surface area (Å²) in [5, 5.41) is 7.76. The van der Waals surface area contributed by atoms with Gasteiger partial charge in [0.05, 0.1) is 0 Å². The van der Waals surface area contributed by atoms with Gasteiger partial charge in [0.2, 0.25) is 0 Å². The van der Waals surface area contributed by atoms with Crippen molar-refractivity contribution in [3.8, 4) is 0 Å². The van der Waals surface area contributed by atoms with Crippen LogP contribution in [-0.2, 0) is 7.05 Å². The van der Waals surface area contributed by atoms with E-state index in [4.69, 9.17) is 0 Å². The van der Waals surface area contributed by atoms with E-state index in [-0.39, 0.29) is 0 Å². The van der Waals surface area contributed by atoms with E-state index in [9.17, 15) is 0 Å². The van der Waals surface area contributed by atoms with Gasteiger partial charge >= 0.3 is 0 Å². The van der Waals surface area contributed by atoms with Crippen LogP contribution in [0, 0.1) is 5.92 Å². The first kappa shape index (κ1) is 8.60. The fourth-order valence-electron chi connectivity index (χ4n) is 2.04. The van der Waals surface area contributed by atoms with E-state index in [2.05, 4.69) is 17.3 Å². The summed E-state index contributed by atoms with van der Waals surface area (Å²) in [6.07, 6.45) is 5.90. The molecule has 1 saturated carbocycles. The zero-order valence-electron chi connectivity index (χ0n) is 8.33. The molecule has 1 aliphatic carbocycles. The van der Waals surface area contributed by atoms with E-state index < -0.39 is 0 Å². The fourth-order valence-corrected chi connectivity index (χ4v) is 2.04. The van der Waals surface area contributed by atoms with E-state index in [1.807, 2.05) is 24.0 Å². The van der Waals surface area contributed by atoms with Crippen molar-refractivity contribution in [3.05, 3.63) is 12.3 Å². The Morgan fingerprint density at radius 1 is 1.54 bits per heavy atom. The van der Waals surface area contributed by atoms with Gasteiger partial charge in [0.1, 0.15) is 5.82 Å². The predicted molar refractivity (Wildman–Crippen MR) is 53.6 cm³/mol. The van der Waals surface area contributed by atoms with Crippen LogP contribution in [0.4, 0.5) is 5.82 Å². The number of hydrogen-bond donors (Lipinski definition) is 1. The topological polar surface area (TPSA) is 29.9 Å². The fraction of sp³-hybridized carbons (Fsp3) is 0.700. The Balaban J connectivity index is 1.91. The molecule has 0 amide bonds. The normalized spacial score (nSPS) is 27.8. The first-order chi connectivity index (χ1) is 6.24. The molecule has 2 atom stereocenters. The molecular formula is C10H17N3. The molecule has 0 spiro atoms. The van der Waals surface area contributed by atoms with E-state index in [0.29, 0.717) is 6.04 Å². The van der Waals surface area contributed by atoms with E-state index >= 15 is 0 Å². The average Bonchev–Trinajstić information content (AvgIpc) is 2.62. The third-order valence-corrected chi connectivity index (χ3v) is 2.76. The third-order valence-electron chi connectivity index (χ3n) is 2.76. The zero-order chi connectivity index (χ0) is 9.26. The second-order valence-corrected chi connectivity index (χ2v) is 4.13. The maximum absolute atomic E-state index is 4.30. The van der Waals surface area contributed by atoms with Gasteiger partial charge in [0.15, 0.2) is 0 Å². The summed E-state index contributed by atoms with van der Waals surface area (Å²) in [5.74, 6) is 1.89. The number of rotatable bonds is 2. The lowest BCUT2D eigenvalue weighted by atomic mass is 10.1. The summed E-state index contributed by atoms with van der Waals surface area (Å²) in [6.45, 7) is 2.32. The molecule has 1 aromatic rings. The Labute approximate surface area is 79.1 Å². The van der Waals surface area contributed by atoms with E-state index in [1.165, 1.54) is 19.3 Å². The van der Waals surface area contributed by atoms with Crippen LogP contribution in [0.1, 0.15) is 26.2 Å². The highest BCUT2D eigenvalue weighted by Crippen LogP contribution is 2.26. The van der Waals surface area contributed by atoms with E-state index in [1.54, 1.807) is 0 Å². The molecule has 1 fully saturated rings. The van der Waals surface area contributed by atoms with Crippen molar-refractivity contribution in [1.82, 2.24) is 9.78 Å². The van der Waals surface area contributed by atoms with Gasteiger partial charge in [0, 0.05) is 25.4 Å². The molecular weight excluding hydrogens is 162 g/mol. The molecule has 3 heteroatoms. The van der Waals surface area contributed by atoms with Crippen LogP contribution in [0.2, 0.25) is 0 Å². The van der Waals surface area contributed by atoms with Gasteiger partial charge in [0.25, 0.3) is 0 Å². The number of nitrogens with one attached hydrogen (secondary N) is 1. The Hall–Kier alpha value is -0.990. The minimum Gasteiger partial charge on any atom is -0.366 e. The monoisotopic (exact) mass is 179 g/mol. The van der Waals surface area contributed by atoms with Gasteiger partial charge in [-0.15, -0.1) is 0 Å². The first-order valence-corrected chi connectivity index (χ1v) is 5.00. The lowest BCUT2D eigenvalue weighted by molar-refractivity contribution is 0.602. The highest BCUT2D eigenvalue weighted by Gasteiger charge is 2.21. The van der Waals surface area contributed by atoms with Crippen LogP contribution >= 0.6 is 0 Å². The largest absolute Gasteiger partial charge is 0.366 e. The molecule has 0 aliphatic heterocycles. The van der Waals surface area contributed by atoms with Crippen molar-refractivity contribution < 1.29 is 0 Å². The number of aryl methyl sites for hydroxylation is 1. The summed E-state index contributed by atoms with van der Waals surface area (Å²) in [6, 6.07) is 2.67. The molecule has 0 bridgehead atoms. The van der Waals surface area contributed by atoms with Crippen molar-refractivity contribution in [2.45, 2.75) is 32.2 Å². The summed E-state index contributed by atoms with van der Waals surface area (Å²) in [5.41, 5.74) is 0. The molecule has 0 radical (unpaired) electrons. The number of nitrogens with zero attached hydrogens (tertiary/aromatic N) is 2. The Morgan fingerprint density at radius 3 is 2.92 bits per heavy atom. The van der Waals surface area contributed by atoms with Gasteiger partial charge in [-0.25, -0.2) is 0 Å². The van der Waals surface area contributed by atoms with Crippen LogP contribution in [0.15, 0.2) is 12.3 Å². The highest BCUT2D eigenvalue weighted by atomic mass is 15.3. The Morgan fingerprint density at radius 2 is 2.38 bits per heavy atom. The van der Waals surface area contributed by atoms with Gasteiger partial charge in [-0.1, -0.05) is 6.92 Å². The lowest BCUT2D eigenvalue weighted by Crippen LogP contribution is -2.15. The van der Waals surface area contributed by atoms with Crippen molar-refractivity contribution in [1.29, 1.82) is 0 Å². The number of aromatic nitrogens is 2. The molecule has 1 aliphatic rings. The third kappa shape index (κ3) is 2.02. The molecule has 13 heavy (non-hydrogen) atoms. The first-order valence-electron chi connectivity index (χ1n) is 5.00. The minimum absolute atomic E-state index is 0.643. The molecule has 1 aromatic heterocycles. The molecule has 1 N–H and O–H groups in total. The SMILES string of the molecule is CC1CCC(Nc2ccn(C)n2)C1. The van der Waals surface area contributed by atoms with Gasteiger partial charge in [-0.3, -0.25) is 4.68 Å². The quantitative estimate of drug-likeness (QED) is 0.752. The number of hydrogen-bond acceptors (Lipinski definition) is 2.